The maximum atomic E-state index is 13.6. The topological polar surface area (TPSA) is 100 Å². The Morgan fingerprint density at radius 2 is 1.57 bits per heavy atom. The number of pyridine rings is 1. The van der Waals surface area contributed by atoms with Gasteiger partial charge in [-0.2, -0.15) is 0 Å². The SMILES string of the molecule is CC(C)C[C@H](NC(=O)/C=C/c1ccccc1)C(=O)N[C@@H](CCc1ccccc1)C(=O)Nc1ccnc2cc(Cl)ccc12. The number of anilines is 1. The summed E-state index contributed by atoms with van der Waals surface area (Å²) in [6, 6.07) is 24.5. The molecule has 0 spiro atoms. The van der Waals surface area contributed by atoms with E-state index < -0.39 is 18.0 Å². The van der Waals surface area contributed by atoms with Crippen LogP contribution >= 0.6 is 11.6 Å². The van der Waals surface area contributed by atoms with Crippen LogP contribution in [0.1, 0.15) is 37.8 Å². The van der Waals surface area contributed by atoms with E-state index in [0.717, 1.165) is 16.5 Å². The van der Waals surface area contributed by atoms with Crippen LogP contribution in [0, 0.1) is 5.92 Å². The molecule has 42 heavy (non-hydrogen) atoms. The van der Waals surface area contributed by atoms with Crippen LogP contribution < -0.4 is 16.0 Å². The van der Waals surface area contributed by atoms with Crippen molar-refractivity contribution in [3.63, 3.8) is 0 Å². The van der Waals surface area contributed by atoms with Crippen molar-refractivity contribution in [2.75, 3.05) is 5.32 Å². The summed E-state index contributed by atoms with van der Waals surface area (Å²) in [6.07, 6.45) is 6.07. The molecule has 0 bridgehead atoms. The first-order valence-electron chi connectivity index (χ1n) is 14.0. The highest BCUT2D eigenvalue weighted by molar-refractivity contribution is 6.31. The summed E-state index contributed by atoms with van der Waals surface area (Å²) in [7, 11) is 0. The Morgan fingerprint density at radius 1 is 0.857 bits per heavy atom. The number of amides is 3. The van der Waals surface area contributed by atoms with Gasteiger partial charge in [-0.1, -0.05) is 86.1 Å². The van der Waals surface area contributed by atoms with Gasteiger partial charge in [-0.05, 0) is 66.6 Å². The molecule has 4 aromatic rings. The zero-order valence-electron chi connectivity index (χ0n) is 23.7. The third kappa shape index (κ3) is 9.01. The van der Waals surface area contributed by atoms with Gasteiger partial charge in [0.15, 0.2) is 0 Å². The zero-order chi connectivity index (χ0) is 29.9. The predicted octanol–water partition coefficient (Wildman–Crippen LogP) is 6.19. The number of nitrogens with zero attached hydrogens (tertiary/aromatic N) is 1. The Kier molecular flexibility index (Phi) is 10.8. The summed E-state index contributed by atoms with van der Waals surface area (Å²) in [5.74, 6) is -1.03. The fourth-order valence-electron chi connectivity index (χ4n) is 4.61. The van der Waals surface area contributed by atoms with Gasteiger partial charge in [0.1, 0.15) is 12.1 Å². The Balaban J connectivity index is 1.51. The van der Waals surface area contributed by atoms with E-state index in [9.17, 15) is 14.4 Å². The number of carbonyl (C=O) groups is 3. The first-order chi connectivity index (χ1) is 20.3. The first kappa shape index (κ1) is 30.5. The van der Waals surface area contributed by atoms with E-state index in [1.54, 1.807) is 36.5 Å². The number of aryl methyl sites for hydroxylation is 1. The van der Waals surface area contributed by atoms with Crippen molar-refractivity contribution < 1.29 is 14.4 Å². The molecule has 7 nitrogen and oxygen atoms in total. The van der Waals surface area contributed by atoms with Gasteiger partial charge < -0.3 is 16.0 Å². The van der Waals surface area contributed by atoms with Crippen molar-refractivity contribution in [2.24, 2.45) is 5.92 Å². The quantitative estimate of drug-likeness (QED) is 0.173. The summed E-state index contributed by atoms with van der Waals surface area (Å²) in [4.78, 5) is 44.3. The lowest BCUT2D eigenvalue weighted by atomic mass is 10.0. The van der Waals surface area contributed by atoms with Crippen molar-refractivity contribution in [3.05, 3.63) is 113 Å². The van der Waals surface area contributed by atoms with Gasteiger partial charge in [-0.3, -0.25) is 19.4 Å². The number of rotatable bonds is 12. The van der Waals surface area contributed by atoms with Crippen LogP contribution in [-0.2, 0) is 20.8 Å². The summed E-state index contributed by atoms with van der Waals surface area (Å²) in [5.41, 5.74) is 3.14. The molecule has 0 unspecified atom stereocenters. The summed E-state index contributed by atoms with van der Waals surface area (Å²) in [6.45, 7) is 3.96. The minimum atomic E-state index is -0.848. The molecule has 0 radical (unpaired) electrons. The second-order valence-electron chi connectivity index (χ2n) is 10.5. The fraction of sp³-hybridized carbons (Fsp3) is 0.235. The molecule has 0 saturated heterocycles. The fourth-order valence-corrected chi connectivity index (χ4v) is 4.77. The number of hydrogen-bond acceptors (Lipinski definition) is 4. The van der Waals surface area contributed by atoms with E-state index >= 15 is 0 Å². The lowest BCUT2D eigenvalue weighted by molar-refractivity contribution is -0.130. The van der Waals surface area contributed by atoms with Crippen molar-refractivity contribution in [1.82, 2.24) is 15.6 Å². The summed E-state index contributed by atoms with van der Waals surface area (Å²) >= 11 is 6.13. The molecule has 1 aromatic heterocycles. The van der Waals surface area contributed by atoms with Crippen LogP contribution in [0.25, 0.3) is 17.0 Å². The highest BCUT2D eigenvalue weighted by Crippen LogP contribution is 2.24. The maximum absolute atomic E-state index is 13.6. The molecule has 3 N–H and O–H groups in total. The Hall–Kier alpha value is -4.49. The van der Waals surface area contributed by atoms with E-state index in [1.807, 2.05) is 74.5 Å². The number of benzene rings is 3. The van der Waals surface area contributed by atoms with Gasteiger partial charge in [0, 0.05) is 22.7 Å². The van der Waals surface area contributed by atoms with Gasteiger partial charge in [-0.15, -0.1) is 0 Å². The summed E-state index contributed by atoms with van der Waals surface area (Å²) < 4.78 is 0. The van der Waals surface area contributed by atoms with Gasteiger partial charge in [0.05, 0.1) is 11.2 Å². The Labute approximate surface area is 251 Å². The highest BCUT2D eigenvalue weighted by Gasteiger charge is 2.27. The van der Waals surface area contributed by atoms with Crippen LogP contribution in [0.2, 0.25) is 5.02 Å². The van der Waals surface area contributed by atoms with E-state index in [0.29, 0.717) is 35.5 Å². The normalized spacial score (nSPS) is 12.7. The van der Waals surface area contributed by atoms with Gasteiger partial charge in [-0.25, -0.2) is 0 Å². The van der Waals surface area contributed by atoms with Gasteiger partial charge in [0.25, 0.3) is 0 Å². The molecule has 8 heteroatoms. The van der Waals surface area contributed by atoms with E-state index in [1.165, 1.54) is 6.08 Å². The molecule has 3 aromatic carbocycles. The number of halogens is 1. The average molecular weight is 583 g/mol. The van der Waals surface area contributed by atoms with Crippen molar-refractivity contribution in [1.29, 1.82) is 0 Å². The monoisotopic (exact) mass is 582 g/mol. The van der Waals surface area contributed by atoms with E-state index in [-0.39, 0.29) is 17.7 Å². The molecule has 2 atom stereocenters. The van der Waals surface area contributed by atoms with Crippen molar-refractivity contribution in [3.8, 4) is 0 Å². The maximum Gasteiger partial charge on any atom is 0.246 e. The lowest BCUT2D eigenvalue weighted by Crippen LogP contribution is -2.53. The van der Waals surface area contributed by atoms with Crippen LogP contribution in [-0.4, -0.2) is 34.8 Å². The lowest BCUT2D eigenvalue weighted by Gasteiger charge is -2.24. The number of carbonyl (C=O) groups excluding carboxylic acids is 3. The minimum Gasteiger partial charge on any atom is -0.342 e. The molecular weight excluding hydrogens is 548 g/mol. The molecule has 216 valence electrons. The number of aromatic nitrogens is 1. The third-order valence-electron chi connectivity index (χ3n) is 6.73. The van der Waals surface area contributed by atoms with Crippen LogP contribution in [0.15, 0.2) is 97.2 Å². The van der Waals surface area contributed by atoms with E-state index in [2.05, 4.69) is 20.9 Å². The molecule has 0 aliphatic carbocycles. The van der Waals surface area contributed by atoms with Crippen LogP contribution in [0.5, 0.6) is 0 Å². The van der Waals surface area contributed by atoms with Crippen LogP contribution in [0.4, 0.5) is 5.69 Å². The molecule has 0 saturated carbocycles. The number of hydrogen-bond donors (Lipinski definition) is 3. The number of fused-ring (bicyclic) bond motifs is 1. The standard InChI is InChI=1S/C34H35ClN4O3/c1-23(2)21-31(37-32(40)18-14-25-11-7-4-8-12-25)34(42)39-29(17-13-24-9-5-3-6-10-24)33(41)38-28-19-20-36-30-22-26(35)15-16-27(28)30/h3-12,14-16,18-20,22-23,29,31H,13,17,21H2,1-2H3,(H,37,40)(H,39,42)(H,36,38,41)/b18-14+/t29-,31-/m0/s1. The Morgan fingerprint density at radius 3 is 2.29 bits per heavy atom. The molecule has 3 amide bonds. The third-order valence-corrected chi connectivity index (χ3v) is 6.96. The minimum absolute atomic E-state index is 0.130. The molecule has 1 heterocycles. The smallest absolute Gasteiger partial charge is 0.246 e. The highest BCUT2D eigenvalue weighted by atomic mass is 35.5. The zero-order valence-corrected chi connectivity index (χ0v) is 24.5. The molecular formula is C34H35ClN4O3. The molecule has 0 fully saturated rings. The predicted molar refractivity (Wildman–Crippen MR) is 169 cm³/mol. The second-order valence-corrected chi connectivity index (χ2v) is 11.0. The largest absolute Gasteiger partial charge is 0.342 e. The average Bonchev–Trinajstić information content (AvgIpc) is 2.98. The first-order valence-corrected chi connectivity index (χ1v) is 14.4. The van der Waals surface area contributed by atoms with E-state index in [4.69, 9.17) is 11.6 Å². The molecule has 0 aliphatic heterocycles. The second kappa shape index (κ2) is 14.9. The van der Waals surface area contributed by atoms with Gasteiger partial charge in [0.2, 0.25) is 17.7 Å². The Bertz CT molecular complexity index is 1540. The van der Waals surface area contributed by atoms with Gasteiger partial charge >= 0.3 is 0 Å². The molecule has 0 aliphatic rings. The summed E-state index contributed by atoms with van der Waals surface area (Å²) in [5, 5.41) is 10.00. The molecule has 4 rings (SSSR count). The number of nitrogens with one attached hydrogen (secondary N) is 3. The van der Waals surface area contributed by atoms with Crippen molar-refractivity contribution >= 4 is 52.0 Å². The van der Waals surface area contributed by atoms with Crippen molar-refractivity contribution in [2.45, 2.75) is 45.2 Å². The van der Waals surface area contributed by atoms with Crippen LogP contribution in [0.3, 0.4) is 0 Å².